The van der Waals surface area contributed by atoms with Gasteiger partial charge in [0.05, 0.1) is 11.6 Å². The molecule has 1 aromatic carbocycles. The smallest absolute Gasteiger partial charge is 0.132 e. The highest BCUT2D eigenvalue weighted by Crippen LogP contribution is 2.35. The number of hydrogen-bond acceptors (Lipinski definition) is 4. The first-order chi connectivity index (χ1) is 9.33. The molecule has 0 fully saturated rings. The standard InChI is InChI=1S/C14H14N4S/c15-10-1-2-11-12(7-10)17-18-13(3-5-16-14(11)18)9-4-6-19-8-9/h1-2,4,6-8,13,16H,3,5,15H2. The highest BCUT2D eigenvalue weighted by Gasteiger charge is 2.24. The second kappa shape index (κ2) is 3.99. The molecular formula is C14H14N4S. The van der Waals surface area contributed by atoms with Crippen molar-refractivity contribution in [1.82, 2.24) is 9.78 Å². The zero-order valence-electron chi connectivity index (χ0n) is 10.3. The summed E-state index contributed by atoms with van der Waals surface area (Å²) in [7, 11) is 0. The minimum Gasteiger partial charge on any atom is -0.399 e. The van der Waals surface area contributed by atoms with E-state index in [0.717, 1.165) is 35.4 Å². The third-order valence-electron chi connectivity index (χ3n) is 3.65. The van der Waals surface area contributed by atoms with Gasteiger partial charge < -0.3 is 11.1 Å². The van der Waals surface area contributed by atoms with Gasteiger partial charge in [0.1, 0.15) is 5.82 Å². The summed E-state index contributed by atoms with van der Waals surface area (Å²) >= 11 is 1.74. The van der Waals surface area contributed by atoms with E-state index in [1.165, 1.54) is 5.56 Å². The molecule has 0 aliphatic carbocycles. The van der Waals surface area contributed by atoms with Crippen LogP contribution in [0.3, 0.4) is 0 Å². The number of nitrogens with zero attached hydrogens (tertiary/aromatic N) is 2. The van der Waals surface area contributed by atoms with Crippen molar-refractivity contribution in [2.45, 2.75) is 12.5 Å². The Morgan fingerprint density at radius 2 is 2.32 bits per heavy atom. The van der Waals surface area contributed by atoms with Crippen LogP contribution in [0.4, 0.5) is 11.5 Å². The first kappa shape index (κ1) is 10.9. The summed E-state index contributed by atoms with van der Waals surface area (Å²) in [5, 5.41) is 13.7. The molecule has 0 amide bonds. The second-order valence-electron chi connectivity index (χ2n) is 4.86. The first-order valence-corrected chi connectivity index (χ1v) is 7.31. The maximum absolute atomic E-state index is 5.84. The van der Waals surface area contributed by atoms with Crippen molar-refractivity contribution in [3.63, 3.8) is 0 Å². The fourth-order valence-electron chi connectivity index (χ4n) is 2.74. The monoisotopic (exact) mass is 270 g/mol. The Balaban J connectivity index is 1.93. The van der Waals surface area contributed by atoms with Gasteiger partial charge in [-0.3, -0.25) is 0 Å². The van der Waals surface area contributed by atoms with E-state index in [4.69, 9.17) is 10.8 Å². The maximum Gasteiger partial charge on any atom is 0.132 e. The summed E-state index contributed by atoms with van der Waals surface area (Å²) in [6.07, 6.45) is 1.06. The molecule has 3 heterocycles. The summed E-state index contributed by atoms with van der Waals surface area (Å²) in [4.78, 5) is 0. The zero-order valence-corrected chi connectivity index (χ0v) is 11.2. The fraction of sp³-hybridized carbons (Fsp3) is 0.214. The number of rotatable bonds is 1. The zero-order chi connectivity index (χ0) is 12.8. The molecule has 0 saturated heterocycles. The Morgan fingerprint density at radius 1 is 1.37 bits per heavy atom. The Labute approximate surface area is 114 Å². The predicted molar refractivity (Wildman–Crippen MR) is 79.7 cm³/mol. The maximum atomic E-state index is 5.84. The van der Waals surface area contributed by atoms with Gasteiger partial charge >= 0.3 is 0 Å². The highest BCUT2D eigenvalue weighted by molar-refractivity contribution is 7.07. The number of nitrogen functional groups attached to an aromatic ring is 1. The summed E-state index contributed by atoms with van der Waals surface area (Å²) in [5.41, 5.74) is 8.91. The lowest BCUT2D eigenvalue weighted by Gasteiger charge is -2.25. The third-order valence-corrected chi connectivity index (χ3v) is 4.36. The average molecular weight is 270 g/mol. The van der Waals surface area contributed by atoms with Gasteiger partial charge in [-0.15, -0.1) is 0 Å². The number of nitrogens with two attached hydrogens (primary N) is 1. The highest BCUT2D eigenvalue weighted by atomic mass is 32.1. The van der Waals surface area contributed by atoms with Crippen molar-refractivity contribution in [3.8, 4) is 0 Å². The lowest BCUT2D eigenvalue weighted by molar-refractivity contribution is 0.487. The minimum atomic E-state index is 0.330. The lowest BCUT2D eigenvalue weighted by atomic mass is 10.1. The van der Waals surface area contributed by atoms with Crippen LogP contribution in [-0.2, 0) is 0 Å². The van der Waals surface area contributed by atoms with E-state index < -0.39 is 0 Å². The molecule has 19 heavy (non-hydrogen) atoms. The van der Waals surface area contributed by atoms with E-state index in [1.807, 2.05) is 18.2 Å². The molecule has 1 aliphatic rings. The van der Waals surface area contributed by atoms with Crippen LogP contribution < -0.4 is 11.1 Å². The number of fused-ring (bicyclic) bond motifs is 3. The van der Waals surface area contributed by atoms with Crippen LogP contribution in [0.1, 0.15) is 18.0 Å². The van der Waals surface area contributed by atoms with Crippen LogP contribution >= 0.6 is 11.3 Å². The van der Waals surface area contributed by atoms with Gasteiger partial charge in [0.25, 0.3) is 0 Å². The summed E-state index contributed by atoms with van der Waals surface area (Å²) in [6, 6.07) is 8.43. The molecule has 0 saturated carbocycles. The Kier molecular flexibility index (Phi) is 2.29. The quantitative estimate of drug-likeness (QED) is 0.668. The second-order valence-corrected chi connectivity index (χ2v) is 5.64. The molecule has 0 bridgehead atoms. The van der Waals surface area contributed by atoms with Crippen molar-refractivity contribution in [2.24, 2.45) is 0 Å². The normalized spacial score (nSPS) is 18.2. The number of aromatic nitrogens is 2. The molecule has 3 N–H and O–H groups in total. The van der Waals surface area contributed by atoms with Crippen LogP contribution in [0, 0.1) is 0 Å². The molecule has 3 aromatic rings. The van der Waals surface area contributed by atoms with Gasteiger partial charge in [0, 0.05) is 17.6 Å². The van der Waals surface area contributed by atoms with Gasteiger partial charge in [-0.1, -0.05) is 0 Å². The molecule has 0 radical (unpaired) electrons. The molecule has 4 rings (SSSR count). The number of hydrogen-bond donors (Lipinski definition) is 2. The molecule has 1 unspecified atom stereocenters. The van der Waals surface area contributed by atoms with Crippen LogP contribution in [0.2, 0.25) is 0 Å². The number of anilines is 2. The molecule has 1 aliphatic heterocycles. The van der Waals surface area contributed by atoms with Gasteiger partial charge in [0.2, 0.25) is 0 Å². The minimum absolute atomic E-state index is 0.330. The van der Waals surface area contributed by atoms with Gasteiger partial charge in [0.15, 0.2) is 0 Å². The molecule has 1 atom stereocenters. The van der Waals surface area contributed by atoms with Crippen molar-refractivity contribution in [3.05, 3.63) is 40.6 Å². The topological polar surface area (TPSA) is 55.9 Å². The number of thiophene rings is 1. The van der Waals surface area contributed by atoms with E-state index in [0.29, 0.717) is 6.04 Å². The largest absolute Gasteiger partial charge is 0.399 e. The van der Waals surface area contributed by atoms with E-state index in [-0.39, 0.29) is 0 Å². The first-order valence-electron chi connectivity index (χ1n) is 6.36. The van der Waals surface area contributed by atoms with E-state index in [1.54, 1.807) is 11.3 Å². The van der Waals surface area contributed by atoms with E-state index in [2.05, 4.69) is 26.8 Å². The van der Waals surface area contributed by atoms with Crippen LogP contribution in [0.15, 0.2) is 35.0 Å². The Hall–Kier alpha value is -2.01. The lowest BCUT2D eigenvalue weighted by Crippen LogP contribution is -2.23. The molecule has 0 spiro atoms. The van der Waals surface area contributed by atoms with Crippen LogP contribution in [0.25, 0.3) is 10.9 Å². The van der Waals surface area contributed by atoms with Gasteiger partial charge in [-0.25, -0.2) is 4.68 Å². The van der Waals surface area contributed by atoms with Crippen molar-refractivity contribution >= 4 is 33.7 Å². The van der Waals surface area contributed by atoms with Crippen molar-refractivity contribution in [1.29, 1.82) is 0 Å². The van der Waals surface area contributed by atoms with Gasteiger partial charge in [-0.05, 0) is 47.0 Å². The Bertz CT molecular complexity index is 729. The number of nitrogens with one attached hydrogen (secondary N) is 1. The van der Waals surface area contributed by atoms with Crippen molar-refractivity contribution < 1.29 is 0 Å². The van der Waals surface area contributed by atoms with Crippen LogP contribution in [-0.4, -0.2) is 16.3 Å². The number of benzene rings is 1. The van der Waals surface area contributed by atoms with Gasteiger partial charge in [-0.2, -0.15) is 16.4 Å². The Morgan fingerprint density at radius 3 is 3.16 bits per heavy atom. The predicted octanol–water partition coefficient (Wildman–Crippen LogP) is 3.09. The third kappa shape index (κ3) is 1.62. The molecule has 4 nitrogen and oxygen atoms in total. The summed E-state index contributed by atoms with van der Waals surface area (Å²) in [6.45, 7) is 0.978. The van der Waals surface area contributed by atoms with Crippen molar-refractivity contribution in [2.75, 3.05) is 17.6 Å². The SMILES string of the molecule is Nc1ccc2c3n(nc2c1)C(c1ccsc1)CCN3. The average Bonchev–Trinajstić information content (AvgIpc) is 3.04. The van der Waals surface area contributed by atoms with E-state index >= 15 is 0 Å². The molecule has 96 valence electrons. The molecular weight excluding hydrogens is 256 g/mol. The molecule has 2 aromatic heterocycles. The summed E-state index contributed by atoms with van der Waals surface area (Å²) < 4.78 is 2.11. The van der Waals surface area contributed by atoms with Crippen LogP contribution in [0.5, 0.6) is 0 Å². The molecule has 5 heteroatoms. The fourth-order valence-corrected chi connectivity index (χ4v) is 3.45. The van der Waals surface area contributed by atoms with E-state index in [9.17, 15) is 0 Å². The summed E-state index contributed by atoms with van der Waals surface area (Å²) in [5.74, 6) is 1.11.